The fourth-order valence-corrected chi connectivity index (χ4v) is 1.77. The molecule has 0 unspecified atom stereocenters. The van der Waals surface area contributed by atoms with Crippen LogP contribution in [0.3, 0.4) is 0 Å². The van der Waals surface area contributed by atoms with Gasteiger partial charge < -0.3 is 5.32 Å². The highest BCUT2D eigenvalue weighted by Gasteiger charge is 2.15. The maximum absolute atomic E-state index is 13.6. The molecule has 2 rings (SSSR count). The lowest BCUT2D eigenvalue weighted by Crippen LogP contribution is -2.26. The molecule has 0 radical (unpaired) electrons. The molecule has 21 heavy (non-hydrogen) atoms. The number of halogens is 1. The van der Waals surface area contributed by atoms with Gasteiger partial charge in [-0.05, 0) is 18.6 Å². The molecular formula is C13H13FN4O3. The van der Waals surface area contributed by atoms with Crippen LogP contribution >= 0.6 is 0 Å². The molecule has 0 aliphatic carbocycles. The van der Waals surface area contributed by atoms with Gasteiger partial charge in [0, 0.05) is 31.5 Å². The quantitative estimate of drug-likeness (QED) is 0.499. The summed E-state index contributed by atoms with van der Waals surface area (Å²) in [6.45, 7) is 0.991. The van der Waals surface area contributed by atoms with Crippen molar-refractivity contribution in [3.05, 3.63) is 58.2 Å². The molecule has 0 atom stereocenters. The molecular weight excluding hydrogens is 279 g/mol. The molecule has 0 aliphatic rings. The zero-order chi connectivity index (χ0) is 15.2. The average Bonchev–Trinajstić information content (AvgIpc) is 2.96. The van der Waals surface area contributed by atoms with E-state index in [1.54, 1.807) is 23.1 Å². The van der Waals surface area contributed by atoms with Crippen molar-refractivity contribution in [2.45, 2.75) is 13.0 Å². The molecule has 110 valence electrons. The van der Waals surface area contributed by atoms with Crippen LogP contribution < -0.4 is 5.32 Å². The number of carbonyl (C=O) groups excluding carboxylic acids is 1. The minimum Gasteiger partial charge on any atom is -0.352 e. The Morgan fingerprint density at radius 3 is 2.90 bits per heavy atom. The normalized spacial score (nSPS) is 10.3. The van der Waals surface area contributed by atoms with Gasteiger partial charge in [0.2, 0.25) is 0 Å². The number of nitro groups is 1. The summed E-state index contributed by atoms with van der Waals surface area (Å²) < 4.78 is 15.3. The highest BCUT2D eigenvalue weighted by atomic mass is 19.1. The Hall–Kier alpha value is -2.77. The van der Waals surface area contributed by atoms with Gasteiger partial charge >= 0.3 is 0 Å². The standard InChI is InChI=1S/C13H13FN4O3/c14-12-9-10(18(20)21)3-4-11(12)13(19)15-5-1-7-17-8-2-6-16-17/h2-4,6,8-9H,1,5,7H2,(H,15,19). The molecule has 0 fully saturated rings. The fourth-order valence-electron chi connectivity index (χ4n) is 1.77. The van der Waals surface area contributed by atoms with Gasteiger partial charge in [0.05, 0.1) is 16.6 Å². The van der Waals surface area contributed by atoms with Crippen LogP contribution in [-0.4, -0.2) is 27.2 Å². The van der Waals surface area contributed by atoms with Crippen LogP contribution in [0.4, 0.5) is 10.1 Å². The Kier molecular flexibility index (Phi) is 4.60. The van der Waals surface area contributed by atoms with E-state index in [0.29, 0.717) is 19.5 Å². The highest BCUT2D eigenvalue weighted by Crippen LogP contribution is 2.16. The number of nitrogens with one attached hydrogen (secondary N) is 1. The van der Waals surface area contributed by atoms with E-state index in [4.69, 9.17) is 0 Å². The van der Waals surface area contributed by atoms with Crippen molar-refractivity contribution in [1.82, 2.24) is 15.1 Å². The van der Waals surface area contributed by atoms with Crippen LogP contribution in [0, 0.1) is 15.9 Å². The lowest BCUT2D eigenvalue weighted by atomic mass is 10.2. The van der Waals surface area contributed by atoms with Gasteiger partial charge in [0.15, 0.2) is 0 Å². The molecule has 7 nitrogen and oxygen atoms in total. The predicted octanol–water partition coefficient (Wildman–Crippen LogP) is 1.75. The molecule has 0 saturated carbocycles. The summed E-state index contributed by atoms with van der Waals surface area (Å²) in [4.78, 5) is 21.5. The van der Waals surface area contributed by atoms with Gasteiger partial charge in [-0.25, -0.2) is 4.39 Å². The number of non-ortho nitro benzene ring substituents is 1. The van der Waals surface area contributed by atoms with Gasteiger partial charge in [0.1, 0.15) is 5.82 Å². The van der Waals surface area contributed by atoms with Crippen LogP contribution in [0.15, 0.2) is 36.7 Å². The minimum atomic E-state index is -0.909. The van der Waals surface area contributed by atoms with Gasteiger partial charge in [-0.15, -0.1) is 0 Å². The smallest absolute Gasteiger partial charge is 0.272 e. The Labute approximate surface area is 119 Å². The van der Waals surface area contributed by atoms with E-state index in [1.807, 2.05) is 0 Å². The van der Waals surface area contributed by atoms with Crippen molar-refractivity contribution >= 4 is 11.6 Å². The van der Waals surface area contributed by atoms with Crippen LogP contribution in [0.25, 0.3) is 0 Å². The SMILES string of the molecule is O=C(NCCCn1cccn1)c1ccc([N+](=O)[O-])cc1F. The van der Waals surface area contributed by atoms with Gasteiger partial charge in [0.25, 0.3) is 11.6 Å². The van der Waals surface area contributed by atoms with E-state index in [2.05, 4.69) is 10.4 Å². The van der Waals surface area contributed by atoms with E-state index in [1.165, 1.54) is 0 Å². The topological polar surface area (TPSA) is 90.1 Å². The third-order valence-electron chi connectivity index (χ3n) is 2.82. The summed E-state index contributed by atoms with van der Waals surface area (Å²) >= 11 is 0. The van der Waals surface area contributed by atoms with Gasteiger partial charge in [-0.1, -0.05) is 0 Å². The first kappa shape index (κ1) is 14.6. The van der Waals surface area contributed by atoms with E-state index >= 15 is 0 Å². The largest absolute Gasteiger partial charge is 0.352 e. The summed E-state index contributed by atoms with van der Waals surface area (Å²) in [6, 6.07) is 4.74. The second-order valence-electron chi connectivity index (χ2n) is 4.30. The second-order valence-corrected chi connectivity index (χ2v) is 4.30. The summed E-state index contributed by atoms with van der Waals surface area (Å²) in [5, 5.41) is 17.1. The number of hydrogen-bond acceptors (Lipinski definition) is 4. The molecule has 1 N–H and O–H groups in total. The molecule has 0 aliphatic heterocycles. The lowest BCUT2D eigenvalue weighted by molar-refractivity contribution is -0.385. The Balaban J connectivity index is 1.87. The first-order chi connectivity index (χ1) is 10.1. The second kappa shape index (κ2) is 6.60. The number of amides is 1. The van der Waals surface area contributed by atoms with Crippen LogP contribution in [0.5, 0.6) is 0 Å². The van der Waals surface area contributed by atoms with Crippen molar-refractivity contribution in [2.24, 2.45) is 0 Å². The first-order valence-electron chi connectivity index (χ1n) is 6.27. The number of rotatable bonds is 6. The number of carbonyl (C=O) groups is 1. The molecule has 0 bridgehead atoms. The molecule has 2 aromatic rings. The zero-order valence-electron chi connectivity index (χ0n) is 11.0. The van der Waals surface area contributed by atoms with E-state index in [0.717, 1.165) is 18.2 Å². The van der Waals surface area contributed by atoms with Crippen LogP contribution in [-0.2, 0) is 6.54 Å². The number of benzene rings is 1. The maximum Gasteiger partial charge on any atom is 0.272 e. The number of nitrogens with zero attached hydrogens (tertiary/aromatic N) is 3. The van der Waals surface area contributed by atoms with E-state index in [9.17, 15) is 19.3 Å². The molecule has 8 heteroatoms. The number of aromatic nitrogens is 2. The molecule has 1 amide bonds. The van der Waals surface area contributed by atoms with Crippen molar-refractivity contribution in [2.75, 3.05) is 6.54 Å². The number of nitro benzene ring substituents is 1. The van der Waals surface area contributed by atoms with E-state index in [-0.39, 0.29) is 11.3 Å². The van der Waals surface area contributed by atoms with Gasteiger partial charge in [-0.3, -0.25) is 19.6 Å². The first-order valence-corrected chi connectivity index (χ1v) is 6.27. The maximum atomic E-state index is 13.6. The van der Waals surface area contributed by atoms with Crippen molar-refractivity contribution in [1.29, 1.82) is 0 Å². The van der Waals surface area contributed by atoms with Crippen molar-refractivity contribution in [3.8, 4) is 0 Å². The summed E-state index contributed by atoms with van der Waals surface area (Å²) in [6.07, 6.45) is 4.10. The summed E-state index contributed by atoms with van der Waals surface area (Å²) in [5.41, 5.74) is -0.595. The number of hydrogen-bond donors (Lipinski definition) is 1. The van der Waals surface area contributed by atoms with Gasteiger partial charge in [-0.2, -0.15) is 5.10 Å². The molecule has 1 heterocycles. The van der Waals surface area contributed by atoms with Crippen molar-refractivity contribution < 1.29 is 14.1 Å². The third-order valence-corrected chi connectivity index (χ3v) is 2.82. The van der Waals surface area contributed by atoms with Crippen molar-refractivity contribution in [3.63, 3.8) is 0 Å². The average molecular weight is 292 g/mol. The molecule has 0 spiro atoms. The fraction of sp³-hybridized carbons (Fsp3) is 0.231. The van der Waals surface area contributed by atoms with E-state index < -0.39 is 16.6 Å². The lowest BCUT2D eigenvalue weighted by Gasteiger charge is -2.06. The Morgan fingerprint density at radius 2 is 2.29 bits per heavy atom. The molecule has 0 saturated heterocycles. The number of aryl methyl sites for hydroxylation is 1. The van der Waals surface area contributed by atoms with Crippen LogP contribution in [0.2, 0.25) is 0 Å². The summed E-state index contributed by atoms with van der Waals surface area (Å²) in [7, 11) is 0. The minimum absolute atomic E-state index is 0.209. The third kappa shape index (κ3) is 3.85. The highest BCUT2D eigenvalue weighted by molar-refractivity contribution is 5.94. The van der Waals surface area contributed by atoms with Crippen LogP contribution in [0.1, 0.15) is 16.8 Å². The monoisotopic (exact) mass is 292 g/mol. The Bertz CT molecular complexity index is 643. The predicted molar refractivity (Wildman–Crippen MR) is 72.2 cm³/mol. The zero-order valence-corrected chi connectivity index (χ0v) is 11.0. The molecule has 1 aromatic carbocycles. The Morgan fingerprint density at radius 1 is 1.48 bits per heavy atom. The summed E-state index contributed by atoms with van der Waals surface area (Å²) in [5.74, 6) is -1.50. The molecule has 1 aromatic heterocycles.